The van der Waals surface area contributed by atoms with E-state index < -0.39 is 5.60 Å². The summed E-state index contributed by atoms with van der Waals surface area (Å²) < 4.78 is 0. The van der Waals surface area contributed by atoms with E-state index in [-0.39, 0.29) is 6.54 Å². The van der Waals surface area contributed by atoms with Crippen LogP contribution in [0.4, 0.5) is 0 Å². The van der Waals surface area contributed by atoms with Crippen LogP contribution in [0, 0.1) is 5.92 Å². The van der Waals surface area contributed by atoms with E-state index in [9.17, 15) is 5.11 Å². The maximum Gasteiger partial charge on any atom is 0.188 e. The van der Waals surface area contributed by atoms with Gasteiger partial charge in [-0.25, -0.2) is 0 Å². The van der Waals surface area contributed by atoms with Crippen LogP contribution in [0.25, 0.3) is 0 Å². The second-order valence-corrected chi connectivity index (χ2v) is 5.64. The molecule has 106 valence electrons. The fourth-order valence-corrected chi connectivity index (χ4v) is 1.93. The van der Waals surface area contributed by atoms with Gasteiger partial charge in [-0.3, -0.25) is 4.99 Å². The lowest BCUT2D eigenvalue weighted by Crippen LogP contribution is -2.36. The molecule has 0 amide bonds. The van der Waals surface area contributed by atoms with E-state index in [1.165, 1.54) is 0 Å². The Morgan fingerprint density at radius 2 is 2.11 bits per heavy atom. The first-order chi connectivity index (χ1) is 8.83. The smallest absolute Gasteiger partial charge is 0.188 e. The Labute approximate surface area is 119 Å². The summed E-state index contributed by atoms with van der Waals surface area (Å²) in [4.78, 5) is 4.16. The highest BCUT2D eigenvalue weighted by molar-refractivity contribution is 6.31. The monoisotopic (exact) mass is 283 g/mol. The first-order valence-electron chi connectivity index (χ1n) is 6.34. The quantitative estimate of drug-likeness (QED) is 0.572. The molecule has 0 aliphatic carbocycles. The number of aliphatic hydroxyl groups is 1. The lowest BCUT2D eigenvalue weighted by atomic mass is 9.96. The molecule has 0 aromatic heterocycles. The SMILES string of the molecule is CC(C)CNC(N)=NCC(C)(O)c1ccccc1Cl. The predicted octanol–water partition coefficient (Wildman–Crippen LogP) is 2.11. The Hall–Kier alpha value is -1.26. The minimum absolute atomic E-state index is 0.160. The predicted molar refractivity (Wildman–Crippen MR) is 80.4 cm³/mol. The topological polar surface area (TPSA) is 70.6 Å². The summed E-state index contributed by atoms with van der Waals surface area (Å²) in [6.45, 7) is 6.75. The molecule has 0 aliphatic rings. The molecule has 0 saturated heterocycles. The van der Waals surface area contributed by atoms with Crippen molar-refractivity contribution < 1.29 is 5.11 Å². The molecule has 0 fully saturated rings. The third-order valence-corrected chi connectivity index (χ3v) is 3.03. The van der Waals surface area contributed by atoms with Crippen LogP contribution >= 0.6 is 11.6 Å². The van der Waals surface area contributed by atoms with Crippen LogP contribution in [0.1, 0.15) is 26.3 Å². The fraction of sp³-hybridized carbons (Fsp3) is 0.500. The molecule has 1 aromatic rings. The molecule has 0 spiro atoms. The number of guanidine groups is 1. The largest absolute Gasteiger partial charge is 0.383 e. The van der Waals surface area contributed by atoms with E-state index in [0.717, 1.165) is 6.54 Å². The van der Waals surface area contributed by atoms with Gasteiger partial charge < -0.3 is 16.2 Å². The van der Waals surface area contributed by atoms with E-state index in [1.54, 1.807) is 19.1 Å². The van der Waals surface area contributed by atoms with Crippen molar-refractivity contribution in [2.45, 2.75) is 26.4 Å². The third kappa shape index (κ3) is 5.09. The van der Waals surface area contributed by atoms with Gasteiger partial charge in [-0.2, -0.15) is 0 Å². The minimum atomic E-state index is -1.14. The van der Waals surface area contributed by atoms with E-state index >= 15 is 0 Å². The standard InChI is InChI=1S/C14H22ClN3O/c1-10(2)8-17-13(16)18-9-14(3,19)11-6-4-5-7-12(11)15/h4-7,10,19H,8-9H2,1-3H3,(H3,16,17,18). The number of hydrogen-bond acceptors (Lipinski definition) is 2. The van der Waals surface area contributed by atoms with Crippen LogP contribution in [0.3, 0.4) is 0 Å². The molecule has 5 heteroatoms. The number of aliphatic imine (C=N–C) groups is 1. The number of nitrogens with zero attached hydrogens (tertiary/aromatic N) is 1. The molecule has 0 radical (unpaired) electrons. The molecule has 1 unspecified atom stereocenters. The first-order valence-corrected chi connectivity index (χ1v) is 6.72. The molecule has 0 bridgehead atoms. The Balaban J connectivity index is 2.70. The van der Waals surface area contributed by atoms with E-state index in [2.05, 4.69) is 24.2 Å². The van der Waals surface area contributed by atoms with Gasteiger partial charge >= 0.3 is 0 Å². The van der Waals surface area contributed by atoms with Crippen LogP contribution in [0.2, 0.25) is 5.02 Å². The highest BCUT2D eigenvalue weighted by atomic mass is 35.5. The van der Waals surface area contributed by atoms with Crippen molar-refractivity contribution >= 4 is 17.6 Å². The molecular formula is C14H22ClN3O. The highest BCUT2D eigenvalue weighted by Gasteiger charge is 2.25. The maximum absolute atomic E-state index is 10.4. The summed E-state index contributed by atoms with van der Waals surface area (Å²) in [6, 6.07) is 7.19. The zero-order valence-electron chi connectivity index (χ0n) is 11.7. The second-order valence-electron chi connectivity index (χ2n) is 5.23. The summed E-state index contributed by atoms with van der Waals surface area (Å²) in [6.07, 6.45) is 0. The van der Waals surface area contributed by atoms with Crippen molar-refractivity contribution in [1.82, 2.24) is 5.32 Å². The molecule has 0 aliphatic heterocycles. The van der Waals surface area contributed by atoms with Gasteiger partial charge in [0.05, 0.1) is 6.54 Å². The Morgan fingerprint density at radius 3 is 2.68 bits per heavy atom. The van der Waals surface area contributed by atoms with Gasteiger partial charge in [0.15, 0.2) is 5.96 Å². The molecule has 1 aromatic carbocycles. The van der Waals surface area contributed by atoms with Crippen LogP contribution in [-0.2, 0) is 5.60 Å². The molecule has 19 heavy (non-hydrogen) atoms. The molecule has 0 heterocycles. The van der Waals surface area contributed by atoms with Crippen molar-refractivity contribution in [3.8, 4) is 0 Å². The lowest BCUT2D eigenvalue weighted by Gasteiger charge is -2.23. The summed E-state index contributed by atoms with van der Waals surface area (Å²) in [7, 11) is 0. The molecule has 1 atom stereocenters. The molecule has 1 rings (SSSR count). The number of hydrogen-bond donors (Lipinski definition) is 3. The number of rotatable bonds is 5. The Bertz CT molecular complexity index is 444. The number of benzene rings is 1. The number of nitrogens with one attached hydrogen (secondary N) is 1. The van der Waals surface area contributed by atoms with Gasteiger partial charge in [0, 0.05) is 17.1 Å². The van der Waals surface area contributed by atoms with Gasteiger partial charge in [0.25, 0.3) is 0 Å². The van der Waals surface area contributed by atoms with E-state index in [1.807, 2.05) is 12.1 Å². The van der Waals surface area contributed by atoms with Crippen molar-refractivity contribution in [2.75, 3.05) is 13.1 Å². The Morgan fingerprint density at radius 1 is 1.47 bits per heavy atom. The summed E-state index contributed by atoms with van der Waals surface area (Å²) in [5.74, 6) is 0.818. The third-order valence-electron chi connectivity index (χ3n) is 2.70. The fourth-order valence-electron chi connectivity index (χ4n) is 1.59. The first kappa shape index (κ1) is 15.8. The van der Waals surface area contributed by atoms with E-state index in [4.69, 9.17) is 17.3 Å². The average molecular weight is 284 g/mol. The maximum atomic E-state index is 10.4. The van der Waals surface area contributed by atoms with Gasteiger partial charge in [-0.05, 0) is 18.9 Å². The summed E-state index contributed by atoms with van der Waals surface area (Å²) in [5, 5.41) is 13.9. The average Bonchev–Trinajstić information content (AvgIpc) is 2.34. The number of halogens is 1. The van der Waals surface area contributed by atoms with Crippen molar-refractivity contribution in [3.05, 3.63) is 34.9 Å². The zero-order valence-corrected chi connectivity index (χ0v) is 12.4. The molecule has 0 saturated carbocycles. The van der Waals surface area contributed by atoms with Crippen LogP contribution < -0.4 is 11.1 Å². The Kier molecular flexibility index (Phi) is 5.63. The van der Waals surface area contributed by atoms with Gasteiger partial charge in [0.2, 0.25) is 0 Å². The van der Waals surface area contributed by atoms with Crippen LogP contribution in [-0.4, -0.2) is 24.2 Å². The van der Waals surface area contributed by atoms with Crippen LogP contribution in [0.5, 0.6) is 0 Å². The molecular weight excluding hydrogens is 262 g/mol. The highest BCUT2D eigenvalue weighted by Crippen LogP contribution is 2.27. The number of nitrogens with two attached hydrogens (primary N) is 1. The van der Waals surface area contributed by atoms with Gasteiger partial charge in [-0.1, -0.05) is 43.6 Å². The second kappa shape index (κ2) is 6.78. The van der Waals surface area contributed by atoms with Crippen molar-refractivity contribution in [2.24, 2.45) is 16.6 Å². The molecule has 4 N–H and O–H groups in total. The van der Waals surface area contributed by atoms with Crippen molar-refractivity contribution in [3.63, 3.8) is 0 Å². The normalized spacial score (nSPS) is 15.4. The van der Waals surface area contributed by atoms with Gasteiger partial charge in [0.1, 0.15) is 5.60 Å². The minimum Gasteiger partial charge on any atom is -0.383 e. The summed E-state index contributed by atoms with van der Waals surface area (Å²) >= 11 is 6.07. The van der Waals surface area contributed by atoms with E-state index in [0.29, 0.717) is 22.5 Å². The van der Waals surface area contributed by atoms with Crippen molar-refractivity contribution in [1.29, 1.82) is 0 Å². The van der Waals surface area contributed by atoms with Gasteiger partial charge in [-0.15, -0.1) is 0 Å². The molecule has 4 nitrogen and oxygen atoms in total. The summed E-state index contributed by atoms with van der Waals surface area (Å²) in [5.41, 5.74) is 5.25. The lowest BCUT2D eigenvalue weighted by molar-refractivity contribution is 0.0674. The zero-order chi connectivity index (χ0) is 14.5. The van der Waals surface area contributed by atoms with Crippen LogP contribution in [0.15, 0.2) is 29.3 Å².